The van der Waals surface area contributed by atoms with Gasteiger partial charge in [-0.3, -0.25) is 0 Å². The van der Waals surface area contributed by atoms with E-state index < -0.39 is 0 Å². The maximum atomic E-state index is 12.4. The fourth-order valence-electron chi connectivity index (χ4n) is 2.97. The van der Waals surface area contributed by atoms with E-state index >= 15 is 0 Å². The molecule has 1 N–H and O–H groups in total. The van der Waals surface area contributed by atoms with Gasteiger partial charge in [0.1, 0.15) is 17.0 Å². The molecule has 0 radical (unpaired) electrons. The van der Waals surface area contributed by atoms with Crippen molar-refractivity contribution in [3.8, 4) is 11.4 Å². The highest BCUT2D eigenvalue weighted by Gasteiger charge is 2.16. The first-order valence-electron chi connectivity index (χ1n) is 7.54. The van der Waals surface area contributed by atoms with Gasteiger partial charge < -0.3 is 9.40 Å². The van der Waals surface area contributed by atoms with Gasteiger partial charge in [0.2, 0.25) is 0 Å². The topological polar surface area (TPSA) is 58.9 Å². The van der Waals surface area contributed by atoms with Crippen LogP contribution >= 0.6 is 0 Å². The van der Waals surface area contributed by atoms with Gasteiger partial charge in [0.05, 0.1) is 11.0 Å². The number of nitrogens with one attached hydrogen (secondary N) is 1. The highest BCUT2D eigenvalue weighted by atomic mass is 16.4. The number of aryl methyl sites for hydroxylation is 3. The Hall–Kier alpha value is -2.88. The predicted octanol–water partition coefficient (Wildman–Crippen LogP) is 4.26. The first-order valence-corrected chi connectivity index (χ1v) is 7.54. The third-order valence-corrected chi connectivity index (χ3v) is 4.41. The standard InChI is InChI=1S/C19H16N2O2/c1-10-8-14-15(9-11(10)2)21-18(20-14)17-12(3)13-6-4-5-7-16(13)23-19(17)22/h4-9H,1-3H3,(H,20,21). The summed E-state index contributed by atoms with van der Waals surface area (Å²) in [6.07, 6.45) is 0. The second kappa shape index (κ2) is 4.81. The van der Waals surface area contributed by atoms with E-state index in [9.17, 15) is 4.79 Å². The van der Waals surface area contributed by atoms with Crippen LogP contribution in [0.5, 0.6) is 0 Å². The Kier molecular flexibility index (Phi) is 2.88. The molecule has 2 aromatic carbocycles. The van der Waals surface area contributed by atoms with Crippen molar-refractivity contribution in [3.63, 3.8) is 0 Å². The average molecular weight is 304 g/mol. The number of rotatable bonds is 1. The monoisotopic (exact) mass is 304 g/mol. The van der Waals surface area contributed by atoms with E-state index in [1.54, 1.807) is 6.07 Å². The lowest BCUT2D eigenvalue weighted by Gasteiger charge is -2.04. The van der Waals surface area contributed by atoms with Crippen molar-refractivity contribution >= 4 is 22.0 Å². The summed E-state index contributed by atoms with van der Waals surface area (Å²) in [7, 11) is 0. The highest BCUT2D eigenvalue weighted by molar-refractivity contribution is 5.87. The van der Waals surface area contributed by atoms with Gasteiger partial charge >= 0.3 is 5.63 Å². The van der Waals surface area contributed by atoms with Crippen molar-refractivity contribution in [1.82, 2.24) is 9.97 Å². The van der Waals surface area contributed by atoms with E-state index in [0.717, 1.165) is 22.0 Å². The van der Waals surface area contributed by atoms with Crippen molar-refractivity contribution < 1.29 is 4.42 Å². The Morgan fingerprint density at radius 2 is 1.78 bits per heavy atom. The van der Waals surface area contributed by atoms with Crippen molar-refractivity contribution in [2.75, 3.05) is 0 Å². The smallest absolute Gasteiger partial charge is 0.347 e. The normalized spacial score (nSPS) is 11.4. The highest BCUT2D eigenvalue weighted by Crippen LogP contribution is 2.27. The van der Waals surface area contributed by atoms with E-state index in [0.29, 0.717) is 17.0 Å². The molecular formula is C19H16N2O2. The average Bonchev–Trinajstić information content (AvgIpc) is 2.90. The van der Waals surface area contributed by atoms with Crippen LogP contribution in [0.4, 0.5) is 0 Å². The van der Waals surface area contributed by atoms with E-state index in [1.807, 2.05) is 31.2 Å². The predicted molar refractivity (Wildman–Crippen MR) is 91.8 cm³/mol. The maximum absolute atomic E-state index is 12.4. The Morgan fingerprint density at radius 1 is 1.04 bits per heavy atom. The number of fused-ring (bicyclic) bond motifs is 2. The SMILES string of the molecule is Cc1cc2nc(-c3c(C)c4ccccc4oc3=O)[nH]c2cc1C. The fraction of sp³-hybridized carbons (Fsp3) is 0.158. The molecule has 0 fully saturated rings. The lowest BCUT2D eigenvalue weighted by Crippen LogP contribution is -2.06. The number of nitrogens with zero attached hydrogens (tertiary/aromatic N) is 1. The van der Waals surface area contributed by atoms with Gasteiger partial charge in [-0.05, 0) is 55.7 Å². The summed E-state index contributed by atoms with van der Waals surface area (Å²) in [6.45, 7) is 6.04. The number of hydrogen-bond acceptors (Lipinski definition) is 3. The Morgan fingerprint density at radius 3 is 2.61 bits per heavy atom. The number of para-hydroxylation sites is 1. The van der Waals surface area contributed by atoms with E-state index in [-0.39, 0.29) is 5.63 Å². The molecule has 4 nitrogen and oxygen atoms in total. The molecule has 0 amide bonds. The molecule has 0 saturated heterocycles. The summed E-state index contributed by atoms with van der Waals surface area (Å²) < 4.78 is 5.46. The van der Waals surface area contributed by atoms with Gasteiger partial charge in [0, 0.05) is 5.39 Å². The van der Waals surface area contributed by atoms with E-state index in [4.69, 9.17) is 4.42 Å². The molecule has 0 aliphatic carbocycles. The van der Waals surface area contributed by atoms with Crippen molar-refractivity contribution in [3.05, 3.63) is 63.5 Å². The molecule has 0 spiro atoms. The summed E-state index contributed by atoms with van der Waals surface area (Å²) in [5.74, 6) is 0.557. The van der Waals surface area contributed by atoms with E-state index in [1.165, 1.54) is 11.1 Å². The summed E-state index contributed by atoms with van der Waals surface area (Å²) in [4.78, 5) is 20.3. The Labute approximate surface area is 132 Å². The molecular weight excluding hydrogens is 288 g/mol. The summed E-state index contributed by atoms with van der Waals surface area (Å²) in [5, 5.41) is 0.926. The molecule has 0 bridgehead atoms. The molecule has 0 aliphatic heterocycles. The van der Waals surface area contributed by atoms with Crippen LogP contribution in [0.15, 0.2) is 45.6 Å². The zero-order valence-electron chi connectivity index (χ0n) is 13.2. The van der Waals surface area contributed by atoms with Crippen LogP contribution in [0.3, 0.4) is 0 Å². The first kappa shape index (κ1) is 13.8. The summed E-state index contributed by atoms with van der Waals surface area (Å²) >= 11 is 0. The molecule has 2 aromatic heterocycles. The van der Waals surface area contributed by atoms with Gasteiger partial charge in [-0.1, -0.05) is 18.2 Å². The fourth-order valence-corrected chi connectivity index (χ4v) is 2.97. The third-order valence-electron chi connectivity index (χ3n) is 4.41. The Balaban J connectivity index is 2.04. The molecule has 4 aromatic rings. The number of hydrogen-bond donors (Lipinski definition) is 1. The lowest BCUT2D eigenvalue weighted by molar-refractivity contribution is 0.562. The van der Waals surface area contributed by atoms with Crippen LogP contribution in [-0.4, -0.2) is 9.97 Å². The van der Waals surface area contributed by atoms with Gasteiger partial charge in [-0.15, -0.1) is 0 Å². The zero-order valence-corrected chi connectivity index (χ0v) is 13.2. The van der Waals surface area contributed by atoms with Crippen LogP contribution in [0, 0.1) is 20.8 Å². The molecule has 0 unspecified atom stereocenters. The Bertz CT molecular complexity index is 1080. The van der Waals surface area contributed by atoms with Gasteiger partial charge in [-0.25, -0.2) is 9.78 Å². The molecule has 23 heavy (non-hydrogen) atoms. The minimum Gasteiger partial charge on any atom is -0.422 e. The summed E-state index contributed by atoms with van der Waals surface area (Å²) in [5.41, 5.74) is 5.76. The molecule has 4 heteroatoms. The van der Waals surface area contributed by atoms with E-state index in [2.05, 4.69) is 29.9 Å². The number of imidazole rings is 1. The number of H-pyrrole nitrogens is 1. The largest absolute Gasteiger partial charge is 0.422 e. The lowest BCUT2D eigenvalue weighted by atomic mass is 10.1. The van der Waals surface area contributed by atoms with Crippen LogP contribution in [-0.2, 0) is 0 Å². The van der Waals surface area contributed by atoms with Crippen molar-refractivity contribution in [1.29, 1.82) is 0 Å². The van der Waals surface area contributed by atoms with Gasteiger partial charge in [0.15, 0.2) is 0 Å². The number of benzene rings is 2. The van der Waals surface area contributed by atoms with Crippen LogP contribution in [0.2, 0.25) is 0 Å². The molecule has 0 saturated carbocycles. The molecule has 2 heterocycles. The van der Waals surface area contributed by atoms with Crippen LogP contribution < -0.4 is 5.63 Å². The van der Waals surface area contributed by atoms with Crippen molar-refractivity contribution in [2.45, 2.75) is 20.8 Å². The minimum absolute atomic E-state index is 0.367. The minimum atomic E-state index is -0.367. The third kappa shape index (κ3) is 2.06. The van der Waals surface area contributed by atoms with Crippen molar-refractivity contribution in [2.24, 2.45) is 0 Å². The number of aromatic amines is 1. The van der Waals surface area contributed by atoms with Gasteiger partial charge in [0.25, 0.3) is 0 Å². The van der Waals surface area contributed by atoms with Gasteiger partial charge in [-0.2, -0.15) is 0 Å². The maximum Gasteiger partial charge on any atom is 0.347 e. The summed E-state index contributed by atoms with van der Waals surface area (Å²) in [6, 6.07) is 11.6. The quantitative estimate of drug-likeness (QED) is 0.534. The first-order chi connectivity index (χ1) is 11.0. The van der Waals surface area contributed by atoms with Crippen LogP contribution in [0.25, 0.3) is 33.4 Å². The molecule has 114 valence electrons. The second-order valence-corrected chi connectivity index (χ2v) is 5.92. The number of aromatic nitrogens is 2. The molecule has 0 atom stereocenters. The second-order valence-electron chi connectivity index (χ2n) is 5.92. The zero-order chi connectivity index (χ0) is 16.1. The van der Waals surface area contributed by atoms with Crippen LogP contribution in [0.1, 0.15) is 16.7 Å². The molecule has 4 rings (SSSR count). The molecule has 0 aliphatic rings.